The average molecular weight is 366 g/mol. The Morgan fingerprint density at radius 2 is 1.68 bits per heavy atom. The molecule has 1 aromatic rings. The molecule has 136 valence electrons. The molecule has 1 amide bonds. The molecule has 1 heterocycles. The third kappa shape index (κ3) is 5.56. The Bertz CT molecular complexity index is 619. The van der Waals surface area contributed by atoms with Gasteiger partial charge in [0.1, 0.15) is 0 Å². The predicted octanol–water partition coefficient (Wildman–Crippen LogP) is 3.64. The van der Waals surface area contributed by atoms with E-state index in [1.54, 1.807) is 29.2 Å². The number of carbonyl (C=O) groups excluding carboxylic acids is 3. The minimum absolute atomic E-state index is 0.0418. The van der Waals surface area contributed by atoms with E-state index < -0.39 is 5.97 Å². The first-order valence-corrected chi connectivity index (χ1v) is 9.02. The molecule has 1 aliphatic heterocycles. The number of ketones is 1. The van der Waals surface area contributed by atoms with Crippen molar-refractivity contribution in [2.75, 3.05) is 6.61 Å². The highest BCUT2D eigenvalue weighted by molar-refractivity contribution is 6.30. The van der Waals surface area contributed by atoms with Gasteiger partial charge in [-0.3, -0.25) is 14.4 Å². The summed E-state index contributed by atoms with van der Waals surface area (Å²) in [5.74, 6) is -0.858. The maximum atomic E-state index is 12.3. The van der Waals surface area contributed by atoms with E-state index in [0.717, 1.165) is 19.3 Å². The second-order valence-electron chi connectivity index (χ2n) is 6.52. The zero-order valence-corrected chi connectivity index (χ0v) is 15.4. The van der Waals surface area contributed by atoms with Gasteiger partial charge in [-0.05, 0) is 57.4 Å². The van der Waals surface area contributed by atoms with Gasteiger partial charge in [0, 0.05) is 29.1 Å². The normalized spacial score (nSPS) is 20.2. The smallest absolute Gasteiger partial charge is 0.306 e. The summed E-state index contributed by atoms with van der Waals surface area (Å²) in [5, 5.41) is 0.552. The highest BCUT2D eigenvalue weighted by atomic mass is 35.5. The molecule has 0 aliphatic carbocycles. The number of halogens is 1. The van der Waals surface area contributed by atoms with Gasteiger partial charge in [-0.15, -0.1) is 0 Å². The average Bonchev–Trinajstić information content (AvgIpc) is 2.58. The molecule has 1 aliphatic rings. The number of carbonyl (C=O) groups is 3. The van der Waals surface area contributed by atoms with E-state index in [9.17, 15) is 14.4 Å². The zero-order valence-electron chi connectivity index (χ0n) is 14.7. The minimum Gasteiger partial charge on any atom is -0.456 e. The van der Waals surface area contributed by atoms with Crippen molar-refractivity contribution in [1.82, 2.24) is 4.90 Å². The number of likely N-dealkylation sites (tertiary alicyclic amines) is 1. The number of hydrogen-bond acceptors (Lipinski definition) is 4. The first-order chi connectivity index (χ1) is 11.9. The molecule has 0 bridgehead atoms. The lowest BCUT2D eigenvalue weighted by Gasteiger charge is -2.38. The van der Waals surface area contributed by atoms with Gasteiger partial charge in [0.05, 0.1) is 6.42 Å². The number of hydrogen-bond donors (Lipinski definition) is 0. The number of benzene rings is 1. The van der Waals surface area contributed by atoms with Crippen LogP contribution in [-0.2, 0) is 14.3 Å². The van der Waals surface area contributed by atoms with Crippen LogP contribution in [0.4, 0.5) is 0 Å². The second-order valence-corrected chi connectivity index (χ2v) is 6.96. The van der Waals surface area contributed by atoms with Crippen LogP contribution in [0, 0.1) is 0 Å². The molecule has 6 heteroatoms. The van der Waals surface area contributed by atoms with Crippen LogP contribution in [0.5, 0.6) is 0 Å². The fourth-order valence-corrected chi connectivity index (χ4v) is 3.32. The van der Waals surface area contributed by atoms with Gasteiger partial charge in [-0.25, -0.2) is 0 Å². The SMILES string of the molecule is CC1CCCC(C)N1C(=O)COC(=O)CCC(=O)c1ccc(Cl)cc1. The van der Waals surface area contributed by atoms with E-state index in [0.29, 0.717) is 10.6 Å². The maximum absolute atomic E-state index is 12.3. The second kappa shape index (κ2) is 8.99. The van der Waals surface area contributed by atoms with Gasteiger partial charge in [-0.1, -0.05) is 11.6 Å². The maximum Gasteiger partial charge on any atom is 0.306 e. The third-order valence-corrected chi connectivity index (χ3v) is 4.81. The molecule has 5 nitrogen and oxygen atoms in total. The molecule has 0 saturated carbocycles. The lowest BCUT2D eigenvalue weighted by molar-refractivity contribution is -0.154. The minimum atomic E-state index is -0.534. The summed E-state index contributed by atoms with van der Waals surface area (Å²) in [5.41, 5.74) is 0.504. The van der Waals surface area contributed by atoms with Crippen molar-refractivity contribution in [3.05, 3.63) is 34.9 Å². The van der Waals surface area contributed by atoms with Crippen molar-refractivity contribution in [1.29, 1.82) is 0 Å². The van der Waals surface area contributed by atoms with Crippen LogP contribution in [-0.4, -0.2) is 41.3 Å². The molecular formula is C19H24ClNO4. The highest BCUT2D eigenvalue weighted by Crippen LogP contribution is 2.22. The van der Waals surface area contributed by atoms with E-state index in [1.165, 1.54) is 0 Å². The Balaban J connectivity index is 1.75. The van der Waals surface area contributed by atoms with E-state index >= 15 is 0 Å². The lowest BCUT2D eigenvalue weighted by atomic mass is 9.97. The van der Waals surface area contributed by atoms with Crippen LogP contribution in [0.2, 0.25) is 5.02 Å². The monoisotopic (exact) mass is 365 g/mol. The Kier molecular flexibility index (Phi) is 7.00. The van der Waals surface area contributed by atoms with Crippen molar-refractivity contribution in [2.45, 2.75) is 58.0 Å². The summed E-state index contributed by atoms with van der Waals surface area (Å²) in [6.45, 7) is 3.77. The summed E-state index contributed by atoms with van der Waals surface area (Å²) in [4.78, 5) is 37.9. The van der Waals surface area contributed by atoms with E-state index in [-0.39, 0.29) is 43.2 Å². The molecule has 2 rings (SSSR count). The molecule has 0 aromatic heterocycles. The van der Waals surface area contributed by atoms with Crippen LogP contribution < -0.4 is 0 Å². The summed E-state index contributed by atoms with van der Waals surface area (Å²) >= 11 is 5.78. The van der Waals surface area contributed by atoms with Crippen LogP contribution in [0.3, 0.4) is 0 Å². The Morgan fingerprint density at radius 1 is 1.08 bits per heavy atom. The van der Waals surface area contributed by atoms with Crippen molar-refractivity contribution < 1.29 is 19.1 Å². The number of amides is 1. The van der Waals surface area contributed by atoms with Gasteiger partial charge < -0.3 is 9.64 Å². The molecule has 0 spiro atoms. The standard InChI is InChI=1S/C19H24ClNO4/c1-13-4-3-5-14(2)21(13)18(23)12-25-19(24)11-10-17(22)15-6-8-16(20)9-7-15/h6-9,13-14H,3-5,10-12H2,1-2H3. The van der Waals surface area contributed by atoms with E-state index in [2.05, 4.69) is 0 Å². The number of nitrogens with zero attached hydrogens (tertiary/aromatic N) is 1. The fourth-order valence-electron chi connectivity index (χ4n) is 3.20. The number of rotatable bonds is 6. The Morgan fingerprint density at radius 3 is 2.28 bits per heavy atom. The molecular weight excluding hydrogens is 342 g/mol. The number of Topliss-reactive ketones (excluding diaryl/α,β-unsaturated/α-hetero) is 1. The molecule has 25 heavy (non-hydrogen) atoms. The third-order valence-electron chi connectivity index (χ3n) is 4.56. The van der Waals surface area contributed by atoms with Gasteiger partial charge in [0.15, 0.2) is 12.4 Å². The van der Waals surface area contributed by atoms with Crippen LogP contribution in [0.1, 0.15) is 56.3 Å². The van der Waals surface area contributed by atoms with Crippen LogP contribution >= 0.6 is 11.6 Å². The van der Waals surface area contributed by atoms with Gasteiger partial charge >= 0.3 is 5.97 Å². The molecule has 2 unspecified atom stereocenters. The van der Waals surface area contributed by atoms with Crippen molar-refractivity contribution >= 4 is 29.3 Å². The molecule has 0 radical (unpaired) electrons. The Labute approximate surface area is 153 Å². The fraction of sp³-hybridized carbons (Fsp3) is 0.526. The summed E-state index contributed by atoms with van der Waals surface area (Å²) < 4.78 is 5.06. The first kappa shape index (κ1) is 19.4. The molecule has 1 fully saturated rings. The number of ether oxygens (including phenoxy) is 1. The van der Waals surface area contributed by atoms with Crippen LogP contribution in [0.15, 0.2) is 24.3 Å². The quantitative estimate of drug-likeness (QED) is 0.570. The van der Waals surface area contributed by atoms with E-state index in [1.807, 2.05) is 13.8 Å². The molecule has 1 saturated heterocycles. The van der Waals surface area contributed by atoms with Crippen molar-refractivity contribution in [3.8, 4) is 0 Å². The molecule has 0 N–H and O–H groups in total. The predicted molar refractivity (Wildman–Crippen MR) is 95.6 cm³/mol. The largest absolute Gasteiger partial charge is 0.456 e. The highest BCUT2D eigenvalue weighted by Gasteiger charge is 2.29. The topological polar surface area (TPSA) is 63.7 Å². The van der Waals surface area contributed by atoms with Gasteiger partial charge in [0.25, 0.3) is 5.91 Å². The van der Waals surface area contributed by atoms with E-state index in [4.69, 9.17) is 16.3 Å². The van der Waals surface area contributed by atoms with Crippen molar-refractivity contribution in [3.63, 3.8) is 0 Å². The Hall–Kier alpha value is -1.88. The van der Waals surface area contributed by atoms with Gasteiger partial charge in [-0.2, -0.15) is 0 Å². The first-order valence-electron chi connectivity index (χ1n) is 8.64. The molecule has 1 aromatic carbocycles. The number of piperidine rings is 1. The summed E-state index contributed by atoms with van der Waals surface area (Å²) in [6.07, 6.45) is 3.06. The van der Waals surface area contributed by atoms with Crippen molar-refractivity contribution in [2.24, 2.45) is 0 Å². The summed E-state index contributed by atoms with van der Waals surface area (Å²) in [6, 6.07) is 6.85. The molecule has 2 atom stereocenters. The lowest BCUT2D eigenvalue weighted by Crippen LogP contribution is -2.49. The number of esters is 1. The summed E-state index contributed by atoms with van der Waals surface area (Å²) in [7, 11) is 0. The van der Waals surface area contributed by atoms with Crippen LogP contribution in [0.25, 0.3) is 0 Å². The zero-order chi connectivity index (χ0) is 18.4. The van der Waals surface area contributed by atoms with Gasteiger partial charge in [0.2, 0.25) is 0 Å².